The van der Waals surface area contributed by atoms with E-state index in [9.17, 15) is 13.2 Å². The summed E-state index contributed by atoms with van der Waals surface area (Å²) in [6.07, 6.45) is 0.516. The molecule has 2 heterocycles. The lowest BCUT2D eigenvalue weighted by molar-refractivity contribution is 0.0602. The van der Waals surface area contributed by atoms with Crippen LogP contribution in [0.25, 0.3) is 10.6 Å². The lowest BCUT2D eigenvalue weighted by atomic mass is 10.0. The Balaban J connectivity index is 1.63. The number of carbonyl (C=O) groups excluding carboxylic acids is 1. The molecule has 0 aliphatic rings. The smallest absolute Gasteiger partial charge is 0.357 e. The molecule has 176 valence electrons. The molecule has 0 amide bonds. The van der Waals surface area contributed by atoms with Crippen molar-refractivity contribution in [1.82, 2.24) is 4.98 Å². The van der Waals surface area contributed by atoms with E-state index in [1.807, 2.05) is 45.8 Å². The van der Waals surface area contributed by atoms with Gasteiger partial charge in [-0.3, -0.25) is 9.27 Å². The van der Waals surface area contributed by atoms with Gasteiger partial charge in [0.25, 0.3) is 0 Å². The van der Waals surface area contributed by atoms with Gasteiger partial charge in [-0.05, 0) is 35.6 Å². The predicted molar refractivity (Wildman–Crippen MR) is 135 cm³/mol. The highest BCUT2D eigenvalue weighted by Gasteiger charge is 2.21. The van der Waals surface area contributed by atoms with Crippen molar-refractivity contribution in [3.05, 3.63) is 88.2 Å². The molecular weight excluding hydrogens is 494 g/mol. The van der Waals surface area contributed by atoms with Gasteiger partial charge in [0.1, 0.15) is 10.0 Å². The quantitative estimate of drug-likeness (QED) is 0.205. The Hall–Kier alpha value is -3.25. The third-order valence-electron chi connectivity index (χ3n) is 4.92. The van der Waals surface area contributed by atoms with Crippen LogP contribution >= 0.6 is 22.7 Å². The maximum Gasteiger partial charge on any atom is 0.357 e. The number of hydrogen-bond acceptors (Lipinski definition) is 8. The van der Waals surface area contributed by atoms with Gasteiger partial charge in [0.15, 0.2) is 0 Å². The third kappa shape index (κ3) is 6.00. The average Bonchev–Trinajstić information content (AvgIpc) is 3.49. The Labute approximate surface area is 205 Å². The summed E-state index contributed by atoms with van der Waals surface area (Å²) in [4.78, 5) is 17.0. The van der Waals surface area contributed by atoms with E-state index >= 15 is 0 Å². The number of benzene rings is 2. The highest BCUT2D eigenvalue weighted by Crippen LogP contribution is 2.33. The first kappa shape index (κ1) is 23.9. The van der Waals surface area contributed by atoms with E-state index in [-0.39, 0.29) is 11.7 Å². The zero-order chi connectivity index (χ0) is 24.1. The lowest BCUT2D eigenvalue weighted by Gasteiger charge is -2.18. The zero-order valence-electron chi connectivity index (χ0n) is 18.0. The van der Waals surface area contributed by atoms with Crippen molar-refractivity contribution >= 4 is 49.6 Å². The molecule has 0 saturated heterocycles. The maximum atomic E-state index is 12.2. The van der Waals surface area contributed by atoms with Crippen molar-refractivity contribution in [2.24, 2.45) is 0 Å². The fourth-order valence-electron chi connectivity index (χ4n) is 3.33. The summed E-state index contributed by atoms with van der Waals surface area (Å²) in [7, 11) is -3.00. The Kier molecular flexibility index (Phi) is 7.27. The molecule has 0 unspecified atom stereocenters. The molecule has 0 bridgehead atoms. The fraction of sp³-hybridized carbons (Fsp3) is 0.130. The first-order valence-corrected chi connectivity index (χ1v) is 13.3. The summed E-state index contributed by atoms with van der Waals surface area (Å²) < 4.78 is 38.0. The number of thiophene rings is 1. The monoisotopic (exact) mass is 515 g/mol. The second kappa shape index (κ2) is 10.3. The number of anilines is 2. The van der Waals surface area contributed by atoms with E-state index in [2.05, 4.69) is 5.32 Å². The molecule has 2 aromatic heterocycles. The topological polar surface area (TPSA) is 118 Å². The van der Waals surface area contributed by atoms with Crippen molar-refractivity contribution in [1.29, 1.82) is 0 Å². The van der Waals surface area contributed by atoms with Crippen molar-refractivity contribution in [3.63, 3.8) is 0 Å². The molecule has 0 aliphatic heterocycles. The molecule has 0 fully saturated rings. The summed E-state index contributed by atoms with van der Waals surface area (Å²) in [5, 5.41) is 8.80. The van der Waals surface area contributed by atoms with Crippen LogP contribution in [0.1, 0.15) is 27.7 Å². The number of carbonyl (C=O) groups is 1. The number of ether oxygens (including phenoxy) is 1. The predicted octanol–water partition coefficient (Wildman–Crippen LogP) is 5.27. The normalized spacial score (nSPS) is 12.2. The largest absolute Gasteiger partial charge is 0.465 e. The lowest BCUT2D eigenvalue weighted by Crippen LogP contribution is -2.16. The number of nitrogens with one attached hydrogen (secondary N) is 2. The van der Waals surface area contributed by atoms with E-state index in [0.29, 0.717) is 17.0 Å². The molecule has 3 N–H and O–H groups in total. The van der Waals surface area contributed by atoms with Crippen LogP contribution < -0.4 is 10.0 Å². The maximum absolute atomic E-state index is 12.2. The fourth-order valence-corrected chi connectivity index (χ4v) is 5.47. The second-order valence-corrected chi connectivity index (χ2v) is 10.2. The van der Waals surface area contributed by atoms with E-state index in [1.54, 1.807) is 30.3 Å². The van der Waals surface area contributed by atoms with Gasteiger partial charge in [-0.25, -0.2) is 9.78 Å². The Morgan fingerprint density at radius 2 is 1.82 bits per heavy atom. The first-order chi connectivity index (χ1) is 16.3. The van der Waals surface area contributed by atoms with Crippen LogP contribution in [-0.2, 0) is 21.5 Å². The van der Waals surface area contributed by atoms with Crippen LogP contribution in [0, 0.1) is 0 Å². The van der Waals surface area contributed by atoms with E-state index in [1.165, 1.54) is 29.8 Å². The van der Waals surface area contributed by atoms with Crippen LogP contribution in [0.2, 0.25) is 0 Å². The van der Waals surface area contributed by atoms with E-state index in [4.69, 9.17) is 14.3 Å². The second-order valence-electron chi connectivity index (χ2n) is 7.27. The molecular formula is C23H21N3O5S3. The minimum Gasteiger partial charge on any atom is -0.465 e. The minimum atomic E-state index is -4.34. The van der Waals surface area contributed by atoms with Crippen LogP contribution in [0.5, 0.6) is 0 Å². The summed E-state index contributed by atoms with van der Waals surface area (Å²) >= 11 is 2.93. The minimum absolute atomic E-state index is 0.252. The Morgan fingerprint density at radius 1 is 1.09 bits per heavy atom. The van der Waals surface area contributed by atoms with Gasteiger partial charge < -0.3 is 10.1 Å². The van der Waals surface area contributed by atoms with Crippen LogP contribution in [-0.4, -0.2) is 31.0 Å². The number of thiazole rings is 1. The Morgan fingerprint density at radius 3 is 2.50 bits per heavy atom. The molecule has 2 aromatic carbocycles. The first-order valence-electron chi connectivity index (χ1n) is 10.1. The van der Waals surface area contributed by atoms with Crippen LogP contribution in [0.4, 0.5) is 10.7 Å². The summed E-state index contributed by atoms with van der Waals surface area (Å²) in [5.41, 5.74) is 3.44. The van der Waals surface area contributed by atoms with Gasteiger partial charge in [0.05, 0.1) is 30.1 Å². The molecule has 4 aromatic rings. The van der Waals surface area contributed by atoms with Crippen molar-refractivity contribution in [2.45, 2.75) is 12.5 Å². The molecule has 34 heavy (non-hydrogen) atoms. The molecule has 1 atom stereocenters. The van der Waals surface area contributed by atoms with Crippen LogP contribution in [0.15, 0.2) is 71.4 Å². The average molecular weight is 516 g/mol. The number of aromatic nitrogens is 1. The summed E-state index contributed by atoms with van der Waals surface area (Å²) in [6.45, 7) is 0. The molecule has 8 nitrogen and oxygen atoms in total. The van der Waals surface area contributed by atoms with Crippen molar-refractivity contribution < 1.29 is 22.5 Å². The molecule has 4 rings (SSSR count). The van der Waals surface area contributed by atoms with Crippen molar-refractivity contribution in [3.8, 4) is 10.6 Å². The van der Waals surface area contributed by atoms with Gasteiger partial charge in [0, 0.05) is 10.9 Å². The van der Waals surface area contributed by atoms with Gasteiger partial charge >= 0.3 is 16.3 Å². The molecule has 0 spiro atoms. The highest BCUT2D eigenvalue weighted by molar-refractivity contribution is 7.87. The van der Waals surface area contributed by atoms with Gasteiger partial charge in [-0.15, -0.1) is 22.7 Å². The van der Waals surface area contributed by atoms with Gasteiger partial charge in [0.2, 0.25) is 0 Å². The molecule has 0 radical (unpaired) electrons. The zero-order valence-corrected chi connectivity index (χ0v) is 20.4. The van der Waals surface area contributed by atoms with Crippen LogP contribution in [0.3, 0.4) is 0 Å². The van der Waals surface area contributed by atoms with E-state index in [0.717, 1.165) is 21.8 Å². The number of nitrogens with zero attached hydrogens (tertiary/aromatic N) is 1. The number of esters is 1. The highest BCUT2D eigenvalue weighted by atomic mass is 32.2. The standard InChI is InChI=1S/C23H21N3O5S3/c1-31-23(27)18-11-12-32-22(18)24-19(13-15-7-9-17(10-8-15)26-34(28,29)30)20-14-33-21(25-20)16-5-3-2-4-6-16/h2-12,14,19,24,26H,13H2,1H3,(H,28,29,30)/t19-/m0/s1. The summed E-state index contributed by atoms with van der Waals surface area (Å²) in [6, 6.07) is 18.0. The molecule has 11 heteroatoms. The van der Waals surface area contributed by atoms with E-state index < -0.39 is 16.3 Å². The summed E-state index contributed by atoms with van der Waals surface area (Å²) in [5.74, 6) is -0.425. The van der Waals surface area contributed by atoms with Gasteiger partial charge in [-0.2, -0.15) is 8.42 Å². The number of hydrogen-bond donors (Lipinski definition) is 3. The number of methoxy groups -OCH3 is 1. The van der Waals surface area contributed by atoms with Gasteiger partial charge in [-0.1, -0.05) is 42.5 Å². The van der Waals surface area contributed by atoms with Crippen molar-refractivity contribution in [2.75, 3.05) is 17.1 Å². The third-order valence-corrected chi connectivity index (χ3v) is 7.17. The SMILES string of the molecule is COC(=O)c1ccsc1N[C@@H](Cc1ccc(NS(=O)(=O)O)cc1)c1csc(-c2ccccc2)n1. The number of rotatable bonds is 9. The molecule has 0 saturated carbocycles. The molecule has 0 aliphatic carbocycles. The Bertz CT molecular complexity index is 1370.